The van der Waals surface area contributed by atoms with Crippen molar-refractivity contribution in [2.45, 2.75) is 40.3 Å². The molecule has 128 valence electrons. The molecule has 6 heteroatoms. The molecular formula is C18H24N4O2. The summed E-state index contributed by atoms with van der Waals surface area (Å²) in [6.45, 7) is 7.99. The number of amides is 2. The van der Waals surface area contributed by atoms with E-state index >= 15 is 0 Å². The molecule has 2 N–H and O–H groups in total. The van der Waals surface area contributed by atoms with Gasteiger partial charge in [0.15, 0.2) is 0 Å². The van der Waals surface area contributed by atoms with Crippen molar-refractivity contribution in [1.29, 1.82) is 0 Å². The van der Waals surface area contributed by atoms with Crippen LogP contribution in [0.15, 0.2) is 30.3 Å². The first-order valence-corrected chi connectivity index (χ1v) is 8.04. The fourth-order valence-electron chi connectivity index (χ4n) is 2.56. The van der Waals surface area contributed by atoms with E-state index in [0.29, 0.717) is 17.8 Å². The summed E-state index contributed by atoms with van der Waals surface area (Å²) < 4.78 is 1.81. The molecule has 2 aromatic rings. The maximum Gasteiger partial charge on any atom is 0.255 e. The first kappa shape index (κ1) is 17.7. The van der Waals surface area contributed by atoms with Gasteiger partial charge in [-0.25, -0.2) is 0 Å². The predicted octanol–water partition coefficient (Wildman–Crippen LogP) is 1.80. The van der Waals surface area contributed by atoms with Crippen molar-refractivity contribution in [2.75, 3.05) is 6.54 Å². The molecule has 0 aliphatic rings. The summed E-state index contributed by atoms with van der Waals surface area (Å²) in [7, 11) is 0. The molecule has 1 heterocycles. The highest BCUT2D eigenvalue weighted by atomic mass is 16.2. The number of aryl methyl sites for hydroxylation is 1. The number of carbonyl (C=O) groups is 2. The van der Waals surface area contributed by atoms with Crippen molar-refractivity contribution in [3.05, 3.63) is 52.8 Å². The van der Waals surface area contributed by atoms with Crippen LogP contribution in [0.3, 0.4) is 0 Å². The fourth-order valence-corrected chi connectivity index (χ4v) is 2.56. The predicted molar refractivity (Wildman–Crippen MR) is 92.9 cm³/mol. The Hall–Kier alpha value is -2.63. The highest BCUT2D eigenvalue weighted by Gasteiger charge is 2.19. The fraction of sp³-hybridized carbons (Fsp3) is 0.389. The largest absolute Gasteiger partial charge is 0.352 e. The molecule has 0 fully saturated rings. The maximum atomic E-state index is 12.4. The Kier molecular flexibility index (Phi) is 5.73. The van der Waals surface area contributed by atoms with Gasteiger partial charge in [0.05, 0.1) is 24.3 Å². The Morgan fingerprint density at radius 2 is 1.83 bits per heavy atom. The van der Waals surface area contributed by atoms with Crippen LogP contribution in [0.1, 0.15) is 41.2 Å². The van der Waals surface area contributed by atoms with E-state index in [1.165, 1.54) is 0 Å². The molecule has 0 saturated heterocycles. The van der Waals surface area contributed by atoms with E-state index in [-0.39, 0.29) is 24.4 Å². The van der Waals surface area contributed by atoms with Gasteiger partial charge in [0, 0.05) is 11.7 Å². The number of hydrogen-bond donors (Lipinski definition) is 2. The number of hydrogen-bond acceptors (Lipinski definition) is 3. The third-order valence-corrected chi connectivity index (χ3v) is 3.64. The van der Waals surface area contributed by atoms with Gasteiger partial charge >= 0.3 is 0 Å². The van der Waals surface area contributed by atoms with Gasteiger partial charge in [-0.2, -0.15) is 5.10 Å². The Bertz CT molecular complexity index is 720. The Balaban J connectivity index is 2.08. The monoisotopic (exact) mass is 328 g/mol. The zero-order valence-electron chi connectivity index (χ0n) is 14.6. The third-order valence-electron chi connectivity index (χ3n) is 3.64. The van der Waals surface area contributed by atoms with Crippen LogP contribution in [-0.2, 0) is 11.3 Å². The molecular weight excluding hydrogens is 304 g/mol. The van der Waals surface area contributed by atoms with E-state index in [0.717, 1.165) is 11.3 Å². The lowest BCUT2D eigenvalue weighted by atomic mass is 10.1. The number of carbonyl (C=O) groups excluding carboxylic acids is 2. The molecule has 6 nitrogen and oxygen atoms in total. The van der Waals surface area contributed by atoms with Crippen LogP contribution in [0.5, 0.6) is 0 Å². The van der Waals surface area contributed by atoms with E-state index in [4.69, 9.17) is 0 Å². The van der Waals surface area contributed by atoms with Crippen LogP contribution < -0.4 is 10.6 Å². The van der Waals surface area contributed by atoms with E-state index in [1.807, 2.05) is 55.8 Å². The van der Waals surface area contributed by atoms with Gasteiger partial charge in [-0.15, -0.1) is 0 Å². The molecule has 2 rings (SSSR count). The molecule has 2 amide bonds. The van der Waals surface area contributed by atoms with E-state index < -0.39 is 0 Å². The third kappa shape index (κ3) is 4.44. The van der Waals surface area contributed by atoms with E-state index in [2.05, 4.69) is 15.7 Å². The summed E-state index contributed by atoms with van der Waals surface area (Å²) in [6.07, 6.45) is 0. The Labute approximate surface area is 142 Å². The van der Waals surface area contributed by atoms with E-state index in [1.54, 1.807) is 6.92 Å². The molecule has 0 aliphatic carbocycles. The SMILES string of the molecule is Cc1nn(Cc2ccccc2)c(C)c1C(=O)NCC(=O)NC(C)C. The number of aromatic nitrogens is 2. The Morgan fingerprint density at radius 1 is 1.17 bits per heavy atom. The summed E-state index contributed by atoms with van der Waals surface area (Å²) in [5, 5.41) is 9.86. The summed E-state index contributed by atoms with van der Waals surface area (Å²) in [6, 6.07) is 10.0. The van der Waals surface area contributed by atoms with Crippen LogP contribution >= 0.6 is 0 Å². The van der Waals surface area contributed by atoms with Crippen LogP contribution in [0.4, 0.5) is 0 Å². The van der Waals surface area contributed by atoms with Gasteiger partial charge in [-0.1, -0.05) is 30.3 Å². The van der Waals surface area contributed by atoms with Crippen LogP contribution in [-0.4, -0.2) is 34.2 Å². The molecule has 0 radical (unpaired) electrons. The molecule has 0 atom stereocenters. The molecule has 1 aromatic carbocycles. The van der Waals surface area contributed by atoms with Crippen LogP contribution in [0, 0.1) is 13.8 Å². The molecule has 0 unspecified atom stereocenters. The molecule has 0 aliphatic heterocycles. The normalized spacial score (nSPS) is 10.7. The van der Waals surface area contributed by atoms with Gasteiger partial charge in [0.1, 0.15) is 0 Å². The lowest BCUT2D eigenvalue weighted by Gasteiger charge is -2.09. The first-order valence-electron chi connectivity index (χ1n) is 8.04. The lowest BCUT2D eigenvalue weighted by Crippen LogP contribution is -2.40. The molecule has 24 heavy (non-hydrogen) atoms. The van der Waals surface area contributed by atoms with Gasteiger partial charge in [-0.05, 0) is 33.3 Å². The van der Waals surface area contributed by atoms with Gasteiger partial charge in [0.25, 0.3) is 5.91 Å². The van der Waals surface area contributed by atoms with Gasteiger partial charge in [0.2, 0.25) is 5.91 Å². The standard InChI is InChI=1S/C18H24N4O2/c1-12(2)20-16(23)10-19-18(24)17-13(3)21-22(14(17)4)11-15-8-6-5-7-9-15/h5-9,12H,10-11H2,1-4H3,(H,19,24)(H,20,23). The summed E-state index contributed by atoms with van der Waals surface area (Å²) in [5.41, 5.74) is 3.10. The van der Waals surface area contributed by atoms with Crippen molar-refractivity contribution in [3.63, 3.8) is 0 Å². The zero-order valence-corrected chi connectivity index (χ0v) is 14.6. The number of nitrogens with zero attached hydrogens (tertiary/aromatic N) is 2. The number of nitrogens with one attached hydrogen (secondary N) is 2. The van der Waals surface area contributed by atoms with Crippen LogP contribution in [0.25, 0.3) is 0 Å². The van der Waals surface area contributed by atoms with E-state index in [9.17, 15) is 9.59 Å². The van der Waals surface area contributed by atoms with Crippen molar-refractivity contribution >= 4 is 11.8 Å². The second kappa shape index (κ2) is 7.77. The zero-order chi connectivity index (χ0) is 17.7. The lowest BCUT2D eigenvalue weighted by molar-refractivity contribution is -0.120. The average molecular weight is 328 g/mol. The molecule has 0 spiro atoms. The second-order valence-electron chi connectivity index (χ2n) is 6.09. The first-order chi connectivity index (χ1) is 11.4. The van der Waals surface area contributed by atoms with Crippen molar-refractivity contribution in [3.8, 4) is 0 Å². The van der Waals surface area contributed by atoms with Crippen molar-refractivity contribution in [2.24, 2.45) is 0 Å². The van der Waals surface area contributed by atoms with Gasteiger partial charge in [-0.3, -0.25) is 14.3 Å². The minimum atomic E-state index is -0.275. The van der Waals surface area contributed by atoms with Crippen molar-refractivity contribution in [1.82, 2.24) is 20.4 Å². The minimum Gasteiger partial charge on any atom is -0.352 e. The molecule has 0 saturated carbocycles. The topological polar surface area (TPSA) is 76.0 Å². The quantitative estimate of drug-likeness (QED) is 0.849. The second-order valence-corrected chi connectivity index (χ2v) is 6.09. The van der Waals surface area contributed by atoms with Gasteiger partial charge < -0.3 is 10.6 Å². The highest BCUT2D eigenvalue weighted by Crippen LogP contribution is 2.14. The summed E-state index contributed by atoms with van der Waals surface area (Å²) in [5.74, 6) is -0.478. The number of benzene rings is 1. The summed E-state index contributed by atoms with van der Waals surface area (Å²) >= 11 is 0. The molecule has 1 aromatic heterocycles. The maximum absolute atomic E-state index is 12.4. The summed E-state index contributed by atoms with van der Waals surface area (Å²) in [4.78, 5) is 24.1. The average Bonchev–Trinajstić information content (AvgIpc) is 2.79. The minimum absolute atomic E-state index is 0.0419. The Morgan fingerprint density at radius 3 is 2.46 bits per heavy atom. The number of rotatable bonds is 6. The van der Waals surface area contributed by atoms with Crippen molar-refractivity contribution < 1.29 is 9.59 Å². The van der Waals surface area contributed by atoms with Crippen LogP contribution in [0.2, 0.25) is 0 Å². The molecule has 0 bridgehead atoms. The highest BCUT2D eigenvalue weighted by molar-refractivity contribution is 5.98. The smallest absolute Gasteiger partial charge is 0.255 e.